The van der Waals surface area contributed by atoms with Gasteiger partial charge in [-0.15, -0.1) is 0 Å². The van der Waals surface area contributed by atoms with Crippen LogP contribution in [0.4, 0.5) is 0 Å². The lowest BCUT2D eigenvalue weighted by atomic mass is 10.1. The molecule has 92 valence electrons. The van der Waals surface area contributed by atoms with Crippen LogP contribution in [0, 0.1) is 0 Å². The van der Waals surface area contributed by atoms with E-state index < -0.39 is 0 Å². The van der Waals surface area contributed by atoms with Crippen LogP contribution in [0.2, 0.25) is 0 Å². The molecule has 0 N–H and O–H groups in total. The fraction of sp³-hybridized carbons (Fsp3) is 0.400. The number of allylic oxidation sites excluding steroid dienone is 4. The van der Waals surface area contributed by atoms with Gasteiger partial charge in [0.25, 0.3) is 0 Å². The molecule has 0 atom stereocenters. The van der Waals surface area contributed by atoms with Crippen molar-refractivity contribution in [2.75, 3.05) is 0 Å². The Labute approximate surface area is 103 Å². The molecule has 2 nitrogen and oxygen atoms in total. The molecule has 17 heavy (non-hydrogen) atoms. The first-order chi connectivity index (χ1) is 8.09. The summed E-state index contributed by atoms with van der Waals surface area (Å²) in [5, 5.41) is 0. The molecule has 0 spiro atoms. The highest BCUT2D eigenvalue weighted by Crippen LogP contribution is 2.10. The van der Waals surface area contributed by atoms with E-state index in [1.54, 1.807) is 6.07 Å². The van der Waals surface area contributed by atoms with Gasteiger partial charge >= 0.3 is 0 Å². The van der Waals surface area contributed by atoms with Crippen LogP contribution in [0.1, 0.15) is 50.4 Å². The van der Waals surface area contributed by atoms with Crippen molar-refractivity contribution in [1.82, 2.24) is 0 Å². The summed E-state index contributed by atoms with van der Waals surface area (Å²) in [5.41, 5.74) is 3.25. The SMILES string of the molecule is CC(C)=CCC/C(C)=C/CC(=O)c1ccoc1. The average molecular weight is 232 g/mol. The predicted molar refractivity (Wildman–Crippen MR) is 70.1 cm³/mol. The quantitative estimate of drug-likeness (QED) is 0.532. The molecule has 0 aliphatic rings. The van der Waals surface area contributed by atoms with Gasteiger partial charge in [0.1, 0.15) is 6.26 Å². The zero-order valence-electron chi connectivity index (χ0n) is 10.8. The molecule has 0 aliphatic carbocycles. The van der Waals surface area contributed by atoms with Gasteiger partial charge in [-0.3, -0.25) is 4.79 Å². The molecule has 0 aliphatic heterocycles. The molecule has 0 unspecified atom stereocenters. The Bertz CT molecular complexity index is 404. The summed E-state index contributed by atoms with van der Waals surface area (Å²) in [5.74, 6) is 0.111. The monoisotopic (exact) mass is 232 g/mol. The summed E-state index contributed by atoms with van der Waals surface area (Å²) in [6.45, 7) is 6.27. The van der Waals surface area contributed by atoms with Crippen LogP contribution in [0.15, 0.2) is 46.3 Å². The molecule has 0 saturated heterocycles. The number of carbonyl (C=O) groups excluding carboxylic acids is 1. The molecule has 1 heterocycles. The van der Waals surface area contributed by atoms with E-state index in [1.807, 2.05) is 6.08 Å². The van der Waals surface area contributed by atoms with Crippen molar-refractivity contribution in [3.05, 3.63) is 47.5 Å². The fourth-order valence-corrected chi connectivity index (χ4v) is 1.50. The fourth-order valence-electron chi connectivity index (χ4n) is 1.50. The van der Waals surface area contributed by atoms with Crippen molar-refractivity contribution < 1.29 is 9.21 Å². The molecule has 0 saturated carbocycles. The lowest BCUT2D eigenvalue weighted by Gasteiger charge is -1.98. The number of carbonyl (C=O) groups is 1. The summed E-state index contributed by atoms with van der Waals surface area (Å²) in [4.78, 5) is 11.7. The summed E-state index contributed by atoms with van der Waals surface area (Å²) >= 11 is 0. The third kappa shape index (κ3) is 5.34. The van der Waals surface area contributed by atoms with Crippen molar-refractivity contribution in [1.29, 1.82) is 0 Å². The van der Waals surface area contributed by atoms with Crippen molar-refractivity contribution in [3.8, 4) is 0 Å². The number of hydrogen-bond acceptors (Lipinski definition) is 2. The van der Waals surface area contributed by atoms with Crippen molar-refractivity contribution >= 4 is 5.78 Å². The molecule has 0 bridgehead atoms. The van der Waals surface area contributed by atoms with Gasteiger partial charge in [0.15, 0.2) is 5.78 Å². The number of hydrogen-bond donors (Lipinski definition) is 0. The maximum Gasteiger partial charge on any atom is 0.169 e. The van der Waals surface area contributed by atoms with E-state index in [0.717, 1.165) is 12.8 Å². The van der Waals surface area contributed by atoms with Gasteiger partial charge in [0.05, 0.1) is 11.8 Å². The highest BCUT2D eigenvalue weighted by atomic mass is 16.3. The van der Waals surface area contributed by atoms with Crippen LogP contribution in [-0.4, -0.2) is 5.78 Å². The maximum absolute atomic E-state index is 11.7. The van der Waals surface area contributed by atoms with E-state index in [2.05, 4.69) is 26.8 Å². The molecule has 0 aromatic carbocycles. The van der Waals surface area contributed by atoms with Gasteiger partial charge in [0.2, 0.25) is 0 Å². The largest absolute Gasteiger partial charge is 0.472 e. The highest BCUT2D eigenvalue weighted by molar-refractivity contribution is 5.96. The molecule has 0 radical (unpaired) electrons. The molecule has 0 fully saturated rings. The molecular weight excluding hydrogens is 212 g/mol. The van der Waals surface area contributed by atoms with Gasteiger partial charge < -0.3 is 4.42 Å². The number of ketones is 1. The summed E-state index contributed by atoms with van der Waals surface area (Å²) in [7, 11) is 0. The minimum atomic E-state index is 0.111. The Morgan fingerprint density at radius 3 is 2.65 bits per heavy atom. The van der Waals surface area contributed by atoms with Crippen LogP contribution < -0.4 is 0 Å². The Balaban J connectivity index is 2.37. The average Bonchev–Trinajstić information content (AvgIpc) is 2.78. The van der Waals surface area contributed by atoms with Gasteiger partial charge in [-0.25, -0.2) is 0 Å². The predicted octanol–water partition coefficient (Wildman–Crippen LogP) is 4.55. The van der Waals surface area contributed by atoms with Crippen molar-refractivity contribution in [3.63, 3.8) is 0 Å². The van der Waals surface area contributed by atoms with E-state index in [9.17, 15) is 4.79 Å². The minimum Gasteiger partial charge on any atom is -0.472 e. The van der Waals surface area contributed by atoms with E-state index in [-0.39, 0.29) is 5.78 Å². The molecule has 0 amide bonds. The standard InChI is InChI=1S/C15H20O2/c1-12(2)5-4-6-13(3)7-8-15(16)14-9-10-17-11-14/h5,7,9-11H,4,6,8H2,1-3H3/b13-7+. The first kappa shape index (κ1) is 13.5. The lowest BCUT2D eigenvalue weighted by molar-refractivity contribution is 0.0995. The minimum absolute atomic E-state index is 0.111. The molecule has 1 aromatic heterocycles. The van der Waals surface area contributed by atoms with Gasteiger partial charge in [-0.05, 0) is 39.7 Å². The van der Waals surface area contributed by atoms with Crippen LogP contribution in [0.5, 0.6) is 0 Å². The van der Waals surface area contributed by atoms with E-state index in [0.29, 0.717) is 12.0 Å². The second-order valence-corrected chi connectivity index (χ2v) is 4.51. The van der Waals surface area contributed by atoms with E-state index in [1.165, 1.54) is 23.7 Å². The molecule has 1 rings (SSSR count). The van der Waals surface area contributed by atoms with Gasteiger partial charge in [0, 0.05) is 6.42 Å². The number of Topliss-reactive ketones (excluding diaryl/α,β-unsaturated/α-hetero) is 1. The zero-order chi connectivity index (χ0) is 12.7. The third-order valence-corrected chi connectivity index (χ3v) is 2.57. The van der Waals surface area contributed by atoms with E-state index in [4.69, 9.17) is 4.42 Å². The van der Waals surface area contributed by atoms with Crippen LogP contribution >= 0.6 is 0 Å². The van der Waals surface area contributed by atoms with Crippen molar-refractivity contribution in [2.45, 2.75) is 40.0 Å². The Hall–Kier alpha value is -1.57. The summed E-state index contributed by atoms with van der Waals surface area (Å²) in [6.07, 6.45) is 9.77. The molecule has 2 heteroatoms. The molecule has 1 aromatic rings. The third-order valence-electron chi connectivity index (χ3n) is 2.57. The van der Waals surface area contributed by atoms with Crippen LogP contribution in [-0.2, 0) is 0 Å². The molecular formula is C15H20O2. The van der Waals surface area contributed by atoms with Crippen LogP contribution in [0.25, 0.3) is 0 Å². The normalized spacial score (nSPS) is 11.4. The second-order valence-electron chi connectivity index (χ2n) is 4.51. The highest BCUT2D eigenvalue weighted by Gasteiger charge is 2.04. The van der Waals surface area contributed by atoms with Gasteiger partial charge in [-0.2, -0.15) is 0 Å². The summed E-state index contributed by atoms with van der Waals surface area (Å²) < 4.78 is 4.88. The Morgan fingerprint density at radius 2 is 2.06 bits per heavy atom. The van der Waals surface area contributed by atoms with Crippen LogP contribution in [0.3, 0.4) is 0 Å². The smallest absolute Gasteiger partial charge is 0.169 e. The topological polar surface area (TPSA) is 30.2 Å². The van der Waals surface area contributed by atoms with E-state index >= 15 is 0 Å². The lowest BCUT2D eigenvalue weighted by Crippen LogP contribution is -1.94. The zero-order valence-corrected chi connectivity index (χ0v) is 10.8. The Morgan fingerprint density at radius 1 is 1.29 bits per heavy atom. The maximum atomic E-state index is 11.7. The van der Waals surface area contributed by atoms with Gasteiger partial charge in [-0.1, -0.05) is 23.3 Å². The first-order valence-corrected chi connectivity index (χ1v) is 5.94. The van der Waals surface area contributed by atoms with Crippen molar-refractivity contribution in [2.24, 2.45) is 0 Å². The second kappa shape index (κ2) is 6.89. The number of rotatable bonds is 6. The first-order valence-electron chi connectivity index (χ1n) is 5.94. The Kier molecular flexibility index (Phi) is 5.47. The number of furan rings is 1. The summed E-state index contributed by atoms with van der Waals surface area (Å²) in [6, 6.07) is 1.70.